The zero-order valence-electron chi connectivity index (χ0n) is 12.1. The second-order valence-corrected chi connectivity index (χ2v) is 4.87. The van der Waals surface area contributed by atoms with Crippen LogP contribution >= 0.6 is 0 Å². The maximum absolute atomic E-state index is 13.9. The fraction of sp³-hybridized carbons (Fsp3) is 0.235. The third-order valence-corrected chi connectivity index (χ3v) is 3.42. The predicted molar refractivity (Wildman–Crippen MR) is 81.2 cm³/mol. The van der Waals surface area contributed by atoms with Gasteiger partial charge in [-0.25, -0.2) is 4.39 Å². The Hall–Kier alpha value is -2.36. The molecule has 0 bridgehead atoms. The number of ketones is 1. The van der Waals surface area contributed by atoms with Crippen LogP contribution in [0.1, 0.15) is 29.8 Å². The van der Waals surface area contributed by atoms with Crippen LogP contribution in [0.2, 0.25) is 0 Å². The third kappa shape index (κ3) is 3.40. The van der Waals surface area contributed by atoms with Crippen molar-refractivity contribution >= 4 is 11.5 Å². The van der Waals surface area contributed by atoms with Crippen molar-refractivity contribution in [1.29, 1.82) is 0 Å². The molecule has 0 aromatic heterocycles. The van der Waals surface area contributed by atoms with E-state index in [0.717, 1.165) is 0 Å². The first-order valence-corrected chi connectivity index (χ1v) is 6.85. The van der Waals surface area contributed by atoms with Gasteiger partial charge in [0, 0.05) is 24.2 Å². The van der Waals surface area contributed by atoms with E-state index in [1.165, 1.54) is 19.1 Å². The van der Waals surface area contributed by atoms with Gasteiger partial charge in [0.1, 0.15) is 11.6 Å². The number of hydrogen-bond donors (Lipinski definition) is 1. The molecule has 0 saturated heterocycles. The Labute approximate surface area is 123 Å². The van der Waals surface area contributed by atoms with E-state index in [4.69, 9.17) is 0 Å². The molecule has 2 aromatic rings. The van der Waals surface area contributed by atoms with Gasteiger partial charge in [0.2, 0.25) is 0 Å². The van der Waals surface area contributed by atoms with E-state index in [1.54, 1.807) is 30.3 Å². The molecule has 3 nitrogen and oxygen atoms in total. The molecular weight excluding hydrogens is 269 g/mol. The van der Waals surface area contributed by atoms with Crippen molar-refractivity contribution in [3.05, 3.63) is 59.4 Å². The number of carbonyl (C=O) groups is 1. The molecular formula is C17H18FNO2. The molecule has 110 valence electrons. The minimum absolute atomic E-state index is 0.0646. The highest BCUT2D eigenvalue weighted by Crippen LogP contribution is 2.25. The summed E-state index contributed by atoms with van der Waals surface area (Å²) in [7, 11) is 0. The van der Waals surface area contributed by atoms with Gasteiger partial charge in [-0.15, -0.1) is 0 Å². The van der Waals surface area contributed by atoms with Crippen molar-refractivity contribution in [2.75, 3.05) is 11.4 Å². The van der Waals surface area contributed by atoms with Gasteiger partial charge in [-0.3, -0.25) is 4.79 Å². The van der Waals surface area contributed by atoms with E-state index in [-0.39, 0.29) is 17.3 Å². The normalized spacial score (nSPS) is 10.4. The van der Waals surface area contributed by atoms with Crippen LogP contribution in [0.25, 0.3) is 0 Å². The molecule has 0 spiro atoms. The average molecular weight is 287 g/mol. The summed E-state index contributed by atoms with van der Waals surface area (Å²) in [6.45, 7) is 4.32. The minimum atomic E-state index is -0.304. The van der Waals surface area contributed by atoms with E-state index in [0.29, 0.717) is 29.9 Å². The lowest BCUT2D eigenvalue weighted by molar-refractivity contribution is 0.101. The molecule has 4 heteroatoms. The van der Waals surface area contributed by atoms with Crippen LogP contribution in [-0.4, -0.2) is 17.4 Å². The Morgan fingerprint density at radius 2 is 1.95 bits per heavy atom. The highest BCUT2D eigenvalue weighted by Gasteiger charge is 2.13. The van der Waals surface area contributed by atoms with E-state index in [2.05, 4.69) is 0 Å². The number of hydrogen-bond acceptors (Lipinski definition) is 3. The maximum atomic E-state index is 13.9. The molecule has 0 fully saturated rings. The topological polar surface area (TPSA) is 40.5 Å². The van der Waals surface area contributed by atoms with Crippen molar-refractivity contribution in [2.45, 2.75) is 20.4 Å². The van der Waals surface area contributed by atoms with Gasteiger partial charge >= 0.3 is 0 Å². The summed E-state index contributed by atoms with van der Waals surface area (Å²) in [5, 5.41) is 9.95. The van der Waals surface area contributed by atoms with Crippen molar-refractivity contribution in [2.24, 2.45) is 0 Å². The average Bonchev–Trinajstić information content (AvgIpc) is 2.47. The summed E-state index contributed by atoms with van der Waals surface area (Å²) in [6.07, 6.45) is 0. The number of Topliss-reactive ketones (excluding diaryl/α,β-unsaturated/α-hetero) is 1. The Morgan fingerprint density at radius 1 is 1.24 bits per heavy atom. The van der Waals surface area contributed by atoms with Crippen LogP contribution < -0.4 is 4.90 Å². The van der Waals surface area contributed by atoms with Crippen molar-refractivity contribution in [3.8, 4) is 5.75 Å². The van der Waals surface area contributed by atoms with E-state index in [1.807, 2.05) is 11.8 Å². The molecule has 1 N–H and O–H groups in total. The number of halogens is 1. The highest BCUT2D eigenvalue weighted by atomic mass is 19.1. The van der Waals surface area contributed by atoms with E-state index in [9.17, 15) is 14.3 Å². The Balaban J connectivity index is 2.33. The van der Waals surface area contributed by atoms with E-state index >= 15 is 0 Å². The van der Waals surface area contributed by atoms with Crippen LogP contribution in [0, 0.1) is 5.82 Å². The molecule has 0 unspecified atom stereocenters. The molecule has 0 aliphatic heterocycles. The first kappa shape index (κ1) is 15.0. The summed E-state index contributed by atoms with van der Waals surface area (Å²) in [4.78, 5) is 13.2. The summed E-state index contributed by atoms with van der Waals surface area (Å²) in [5.74, 6) is -0.262. The monoisotopic (exact) mass is 287 g/mol. The molecule has 0 amide bonds. The summed E-state index contributed by atoms with van der Waals surface area (Å²) < 4.78 is 13.9. The molecule has 0 heterocycles. The fourth-order valence-electron chi connectivity index (χ4n) is 2.21. The van der Waals surface area contributed by atoms with E-state index < -0.39 is 0 Å². The molecule has 0 aliphatic carbocycles. The molecule has 0 saturated carbocycles. The standard InChI is InChI=1S/C17H18FNO2/c1-3-19(16-7-5-4-6-15(16)18)11-14-10-13(12(2)20)8-9-17(14)21/h4-10,21H,3,11H2,1-2H3. The van der Waals surface area contributed by atoms with Crippen LogP contribution in [0.4, 0.5) is 10.1 Å². The number of aromatic hydroxyl groups is 1. The van der Waals surface area contributed by atoms with Gasteiger partial charge in [0.25, 0.3) is 0 Å². The number of phenolic OH excluding ortho intramolecular Hbond substituents is 1. The van der Waals surface area contributed by atoms with Crippen molar-refractivity contribution < 1.29 is 14.3 Å². The fourth-order valence-corrected chi connectivity index (χ4v) is 2.21. The third-order valence-electron chi connectivity index (χ3n) is 3.42. The molecule has 2 rings (SSSR count). The smallest absolute Gasteiger partial charge is 0.159 e. The van der Waals surface area contributed by atoms with Crippen LogP contribution in [0.5, 0.6) is 5.75 Å². The molecule has 0 radical (unpaired) electrons. The lowest BCUT2D eigenvalue weighted by Crippen LogP contribution is -2.23. The predicted octanol–water partition coefficient (Wildman–Crippen LogP) is 3.76. The van der Waals surface area contributed by atoms with Crippen LogP contribution in [-0.2, 0) is 6.54 Å². The summed E-state index contributed by atoms with van der Waals surface area (Å²) in [6, 6.07) is 11.3. The van der Waals surface area contributed by atoms with Crippen molar-refractivity contribution in [1.82, 2.24) is 0 Å². The van der Waals surface area contributed by atoms with Crippen LogP contribution in [0.15, 0.2) is 42.5 Å². The quantitative estimate of drug-likeness (QED) is 0.851. The second-order valence-electron chi connectivity index (χ2n) is 4.87. The Kier molecular flexibility index (Phi) is 4.58. The SMILES string of the molecule is CCN(Cc1cc(C(C)=O)ccc1O)c1ccccc1F. The number of phenols is 1. The number of carbonyl (C=O) groups excluding carboxylic acids is 1. The number of anilines is 1. The maximum Gasteiger partial charge on any atom is 0.159 e. The molecule has 0 atom stereocenters. The van der Waals surface area contributed by atoms with Gasteiger partial charge in [-0.1, -0.05) is 12.1 Å². The lowest BCUT2D eigenvalue weighted by Gasteiger charge is -2.24. The first-order valence-electron chi connectivity index (χ1n) is 6.85. The number of rotatable bonds is 5. The Morgan fingerprint density at radius 3 is 2.57 bits per heavy atom. The zero-order valence-corrected chi connectivity index (χ0v) is 12.1. The molecule has 21 heavy (non-hydrogen) atoms. The number of nitrogens with zero attached hydrogens (tertiary/aromatic N) is 1. The van der Waals surface area contributed by atoms with Crippen molar-refractivity contribution in [3.63, 3.8) is 0 Å². The zero-order chi connectivity index (χ0) is 15.4. The number of benzene rings is 2. The number of para-hydroxylation sites is 1. The van der Waals surface area contributed by atoms with Gasteiger partial charge in [0.05, 0.1) is 5.69 Å². The first-order chi connectivity index (χ1) is 10.0. The summed E-state index contributed by atoms with van der Waals surface area (Å²) in [5.41, 5.74) is 1.62. The molecule has 0 aliphatic rings. The van der Waals surface area contributed by atoms with Gasteiger partial charge < -0.3 is 10.0 Å². The summed E-state index contributed by atoms with van der Waals surface area (Å²) >= 11 is 0. The second kappa shape index (κ2) is 6.39. The minimum Gasteiger partial charge on any atom is -0.508 e. The Bertz CT molecular complexity index is 655. The van der Waals surface area contributed by atoms with Gasteiger partial charge in [-0.2, -0.15) is 0 Å². The van der Waals surface area contributed by atoms with Gasteiger partial charge in [-0.05, 0) is 44.2 Å². The largest absolute Gasteiger partial charge is 0.508 e. The lowest BCUT2D eigenvalue weighted by atomic mass is 10.1. The van der Waals surface area contributed by atoms with Gasteiger partial charge in [0.15, 0.2) is 5.78 Å². The van der Waals surface area contributed by atoms with Crippen LogP contribution in [0.3, 0.4) is 0 Å². The highest BCUT2D eigenvalue weighted by molar-refractivity contribution is 5.94. The molecule has 2 aromatic carbocycles.